The minimum absolute atomic E-state index is 0.0222. The second-order valence-electron chi connectivity index (χ2n) is 6.82. The lowest BCUT2D eigenvalue weighted by Crippen LogP contribution is -2.50. The smallest absolute Gasteiger partial charge is 0.262 e. The van der Waals surface area contributed by atoms with Crippen molar-refractivity contribution in [2.75, 3.05) is 18.5 Å². The average molecular weight is 387 g/mol. The second-order valence-corrected chi connectivity index (χ2v) is 7.23. The molecule has 3 amide bonds. The number of benzene rings is 2. The maximum absolute atomic E-state index is 12.6. The summed E-state index contributed by atoms with van der Waals surface area (Å²) in [4.78, 5) is 38.4. The Balaban J connectivity index is 1.59. The summed E-state index contributed by atoms with van der Waals surface area (Å²) in [6.45, 7) is 3.24. The molecule has 7 heteroatoms. The third kappa shape index (κ3) is 3.86. The molecule has 0 aliphatic carbocycles. The third-order valence-corrected chi connectivity index (χ3v) is 4.57. The number of fused-ring (bicyclic) bond motifs is 1. The first kappa shape index (κ1) is 19.1. The molecule has 0 aromatic heterocycles. The molecule has 0 spiro atoms. The van der Waals surface area contributed by atoms with Crippen molar-refractivity contribution in [1.29, 1.82) is 0 Å². The van der Waals surface area contributed by atoms with Crippen LogP contribution in [0, 0.1) is 0 Å². The van der Waals surface area contributed by atoms with Crippen molar-refractivity contribution in [3.05, 3.63) is 64.7 Å². The molecular formula is C20H19ClN2O4. The fourth-order valence-electron chi connectivity index (χ4n) is 2.95. The fraction of sp³-hybridized carbons (Fsp3) is 0.250. The molecule has 0 fully saturated rings. The quantitative estimate of drug-likeness (QED) is 0.772. The van der Waals surface area contributed by atoms with Gasteiger partial charge in [0.15, 0.2) is 0 Å². The van der Waals surface area contributed by atoms with E-state index in [1.165, 1.54) is 4.90 Å². The zero-order valence-electron chi connectivity index (χ0n) is 15.0. The van der Waals surface area contributed by atoms with Crippen molar-refractivity contribution in [2.24, 2.45) is 0 Å². The lowest BCUT2D eigenvalue weighted by Gasteiger charge is -2.33. The second kappa shape index (κ2) is 7.50. The number of amides is 3. The normalized spacial score (nSPS) is 13.7. The van der Waals surface area contributed by atoms with Crippen molar-refractivity contribution in [1.82, 2.24) is 4.90 Å². The molecule has 3 rings (SSSR count). The first-order chi connectivity index (χ1) is 12.8. The topological polar surface area (TPSA) is 75.7 Å². The fourth-order valence-corrected chi connectivity index (χ4v) is 3.13. The number of hydrogen-bond donors (Lipinski definition) is 1. The molecular weight excluding hydrogens is 368 g/mol. The van der Waals surface area contributed by atoms with Crippen LogP contribution >= 0.6 is 11.6 Å². The van der Waals surface area contributed by atoms with Crippen molar-refractivity contribution < 1.29 is 19.1 Å². The van der Waals surface area contributed by atoms with Crippen LogP contribution in [-0.4, -0.2) is 41.4 Å². The highest BCUT2D eigenvalue weighted by molar-refractivity contribution is 6.33. The number of hydrogen-bond acceptors (Lipinski definition) is 4. The van der Waals surface area contributed by atoms with Gasteiger partial charge in [0.1, 0.15) is 6.61 Å². The van der Waals surface area contributed by atoms with E-state index in [-0.39, 0.29) is 30.9 Å². The van der Waals surface area contributed by atoms with Crippen LogP contribution in [-0.2, 0) is 9.53 Å². The molecule has 0 unspecified atom stereocenters. The summed E-state index contributed by atoms with van der Waals surface area (Å²) in [5.41, 5.74) is 0.351. The maximum Gasteiger partial charge on any atom is 0.262 e. The molecule has 27 heavy (non-hydrogen) atoms. The Morgan fingerprint density at radius 3 is 2.19 bits per heavy atom. The number of para-hydroxylation sites is 1. The summed E-state index contributed by atoms with van der Waals surface area (Å²) in [5.74, 6) is -1.09. The van der Waals surface area contributed by atoms with Crippen LogP contribution in [0.4, 0.5) is 5.69 Å². The lowest BCUT2D eigenvalue weighted by molar-refractivity contribution is -0.121. The van der Waals surface area contributed by atoms with E-state index < -0.39 is 5.54 Å². The zero-order chi connectivity index (χ0) is 19.6. The minimum Gasteiger partial charge on any atom is -0.369 e. The van der Waals surface area contributed by atoms with Gasteiger partial charge in [-0.05, 0) is 38.1 Å². The van der Waals surface area contributed by atoms with Gasteiger partial charge in [-0.2, -0.15) is 0 Å². The van der Waals surface area contributed by atoms with Crippen LogP contribution in [0.25, 0.3) is 0 Å². The van der Waals surface area contributed by atoms with E-state index in [1.54, 1.807) is 62.4 Å². The van der Waals surface area contributed by atoms with E-state index in [9.17, 15) is 14.4 Å². The van der Waals surface area contributed by atoms with Gasteiger partial charge < -0.3 is 10.1 Å². The van der Waals surface area contributed by atoms with Gasteiger partial charge in [0.2, 0.25) is 5.91 Å². The number of nitrogens with zero attached hydrogens (tertiary/aromatic N) is 1. The van der Waals surface area contributed by atoms with E-state index in [4.69, 9.17) is 16.3 Å². The van der Waals surface area contributed by atoms with Crippen molar-refractivity contribution in [2.45, 2.75) is 19.4 Å². The summed E-state index contributed by atoms with van der Waals surface area (Å²) in [6, 6.07) is 13.6. The van der Waals surface area contributed by atoms with E-state index in [0.29, 0.717) is 21.8 Å². The molecule has 140 valence electrons. The molecule has 1 aliphatic rings. The zero-order valence-corrected chi connectivity index (χ0v) is 15.7. The average Bonchev–Trinajstić information content (AvgIpc) is 2.89. The van der Waals surface area contributed by atoms with Crippen LogP contribution in [0.15, 0.2) is 48.5 Å². The van der Waals surface area contributed by atoms with E-state index in [0.717, 1.165) is 0 Å². The summed E-state index contributed by atoms with van der Waals surface area (Å²) in [7, 11) is 0. The number of carbonyl (C=O) groups is 3. The summed E-state index contributed by atoms with van der Waals surface area (Å²) >= 11 is 6.00. The van der Waals surface area contributed by atoms with Crippen LogP contribution < -0.4 is 5.32 Å². The number of halogens is 1. The molecule has 1 N–H and O–H groups in total. The highest BCUT2D eigenvalue weighted by atomic mass is 35.5. The maximum atomic E-state index is 12.6. The van der Waals surface area contributed by atoms with Gasteiger partial charge >= 0.3 is 0 Å². The number of carbonyl (C=O) groups excluding carboxylic acids is 3. The Bertz CT molecular complexity index is 875. The predicted octanol–water partition coefficient (Wildman–Crippen LogP) is 3.37. The molecule has 0 saturated heterocycles. The van der Waals surface area contributed by atoms with Crippen molar-refractivity contribution in [3.63, 3.8) is 0 Å². The Labute approximate surface area is 162 Å². The van der Waals surface area contributed by atoms with Gasteiger partial charge in [-0.25, -0.2) is 0 Å². The molecule has 0 radical (unpaired) electrons. The van der Waals surface area contributed by atoms with Gasteiger partial charge in [0.25, 0.3) is 11.8 Å². The third-order valence-electron chi connectivity index (χ3n) is 4.24. The first-order valence-corrected chi connectivity index (χ1v) is 8.79. The van der Waals surface area contributed by atoms with Crippen LogP contribution in [0.3, 0.4) is 0 Å². The Morgan fingerprint density at radius 2 is 1.59 bits per heavy atom. The first-order valence-electron chi connectivity index (χ1n) is 8.41. The SMILES string of the molecule is CC(C)(COCC(=O)Nc1ccccc1Cl)N1C(=O)c2ccccc2C1=O. The summed E-state index contributed by atoms with van der Waals surface area (Å²) in [5, 5.41) is 3.08. The molecule has 1 heterocycles. The van der Waals surface area contributed by atoms with Crippen molar-refractivity contribution in [3.8, 4) is 0 Å². The molecule has 0 bridgehead atoms. The van der Waals surface area contributed by atoms with Gasteiger partial charge in [-0.3, -0.25) is 19.3 Å². The van der Waals surface area contributed by atoms with Crippen LogP contribution in [0.1, 0.15) is 34.6 Å². The highest BCUT2D eigenvalue weighted by Crippen LogP contribution is 2.29. The van der Waals surface area contributed by atoms with Crippen molar-refractivity contribution >= 4 is 35.0 Å². The molecule has 2 aromatic rings. The largest absolute Gasteiger partial charge is 0.369 e. The molecule has 6 nitrogen and oxygen atoms in total. The number of ether oxygens (including phenoxy) is 1. The Hall–Kier alpha value is -2.70. The highest BCUT2D eigenvalue weighted by Gasteiger charge is 2.44. The predicted molar refractivity (Wildman–Crippen MR) is 102 cm³/mol. The van der Waals surface area contributed by atoms with Gasteiger partial charge in [0, 0.05) is 0 Å². The minimum atomic E-state index is -0.905. The monoisotopic (exact) mass is 386 g/mol. The number of nitrogens with one attached hydrogen (secondary N) is 1. The van der Waals surface area contributed by atoms with Crippen LogP contribution in [0.5, 0.6) is 0 Å². The van der Waals surface area contributed by atoms with Gasteiger partial charge in [-0.1, -0.05) is 35.9 Å². The van der Waals surface area contributed by atoms with E-state index in [2.05, 4.69) is 5.32 Å². The van der Waals surface area contributed by atoms with E-state index >= 15 is 0 Å². The summed E-state index contributed by atoms with van der Waals surface area (Å²) < 4.78 is 5.48. The van der Waals surface area contributed by atoms with Gasteiger partial charge in [0.05, 0.1) is 34.0 Å². The van der Waals surface area contributed by atoms with Gasteiger partial charge in [-0.15, -0.1) is 0 Å². The summed E-state index contributed by atoms with van der Waals surface area (Å²) in [6.07, 6.45) is 0. The van der Waals surface area contributed by atoms with Crippen LogP contribution in [0.2, 0.25) is 5.02 Å². The molecule has 1 aliphatic heterocycles. The standard InChI is InChI=1S/C20H19ClN2O4/c1-20(2,23-18(25)13-7-3-4-8-14(13)19(23)26)12-27-11-17(24)22-16-10-6-5-9-15(16)21/h3-10H,11-12H2,1-2H3,(H,22,24). The number of imide groups is 1. The Kier molecular flexibility index (Phi) is 5.30. The molecule has 0 atom stereocenters. The Morgan fingerprint density at radius 1 is 1.04 bits per heavy atom. The van der Waals surface area contributed by atoms with E-state index in [1.807, 2.05) is 0 Å². The molecule has 0 saturated carbocycles. The number of anilines is 1. The molecule has 2 aromatic carbocycles. The number of rotatable bonds is 6. The lowest BCUT2D eigenvalue weighted by atomic mass is 10.0.